The first-order chi connectivity index (χ1) is 11.9. The van der Waals surface area contributed by atoms with Gasteiger partial charge in [-0.1, -0.05) is 12.1 Å². The van der Waals surface area contributed by atoms with Crippen LogP contribution in [0.15, 0.2) is 42.5 Å². The highest BCUT2D eigenvalue weighted by molar-refractivity contribution is 5.97. The maximum Gasteiger partial charge on any atom is 0.319 e. The number of hydrogen-bond donors (Lipinski definition) is 2. The number of urea groups is 1. The summed E-state index contributed by atoms with van der Waals surface area (Å²) < 4.78 is 13.2. The normalized spacial score (nSPS) is 16.8. The van der Waals surface area contributed by atoms with Crippen LogP contribution in [0.2, 0.25) is 0 Å². The van der Waals surface area contributed by atoms with Crippen molar-refractivity contribution in [2.45, 2.75) is 26.3 Å². The second-order valence-corrected chi connectivity index (χ2v) is 6.28. The van der Waals surface area contributed by atoms with Gasteiger partial charge in [-0.05, 0) is 55.3 Å². The summed E-state index contributed by atoms with van der Waals surface area (Å²) in [5.41, 5.74) is 3.49. The third-order valence-electron chi connectivity index (χ3n) is 4.34. The van der Waals surface area contributed by atoms with Crippen LogP contribution in [0, 0.1) is 19.7 Å². The molecule has 0 aliphatic carbocycles. The zero-order chi connectivity index (χ0) is 18.0. The molecule has 1 saturated heterocycles. The maximum atomic E-state index is 13.2. The lowest BCUT2D eigenvalue weighted by Crippen LogP contribution is -2.39. The highest BCUT2D eigenvalue weighted by atomic mass is 19.1. The van der Waals surface area contributed by atoms with Crippen molar-refractivity contribution >= 4 is 23.3 Å². The fourth-order valence-electron chi connectivity index (χ4n) is 2.87. The largest absolute Gasteiger partial charge is 0.333 e. The molecule has 0 unspecified atom stereocenters. The number of nitrogens with one attached hydrogen (secondary N) is 2. The molecule has 0 bridgehead atoms. The Labute approximate surface area is 145 Å². The Balaban J connectivity index is 1.62. The number of carbonyl (C=O) groups excluding carboxylic acids is 2. The molecule has 0 spiro atoms. The van der Waals surface area contributed by atoms with Gasteiger partial charge in [-0.3, -0.25) is 4.79 Å². The minimum atomic E-state index is -0.453. The average Bonchev–Trinajstić information content (AvgIpc) is 2.90. The van der Waals surface area contributed by atoms with Gasteiger partial charge in [-0.15, -0.1) is 0 Å². The topological polar surface area (TPSA) is 61.4 Å². The number of benzene rings is 2. The van der Waals surface area contributed by atoms with Crippen molar-refractivity contribution in [3.8, 4) is 0 Å². The lowest BCUT2D eigenvalue weighted by atomic mass is 10.1. The molecule has 3 rings (SSSR count). The maximum absolute atomic E-state index is 13.2. The van der Waals surface area contributed by atoms with E-state index in [4.69, 9.17) is 0 Å². The summed E-state index contributed by atoms with van der Waals surface area (Å²) in [4.78, 5) is 26.0. The van der Waals surface area contributed by atoms with E-state index in [0.717, 1.165) is 11.3 Å². The van der Waals surface area contributed by atoms with Gasteiger partial charge in [0, 0.05) is 24.3 Å². The average molecular weight is 341 g/mol. The minimum Gasteiger partial charge on any atom is -0.333 e. The first kappa shape index (κ1) is 17.0. The summed E-state index contributed by atoms with van der Waals surface area (Å²) in [7, 11) is 0. The minimum absolute atomic E-state index is 0.0284. The monoisotopic (exact) mass is 341 g/mol. The smallest absolute Gasteiger partial charge is 0.319 e. The van der Waals surface area contributed by atoms with Gasteiger partial charge in [0.1, 0.15) is 5.82 Å². The zero-order valence-electron chi connectivity index (χ0n) is 14.2. The highest BCUT2D eigenvalue weighted by Gasteiger charge is 2.31. The molecule has 1 fully saturated rings. The van der Waals surface area contributed by atoms with Crippen molar-refractivity contribution < 1.29 is 14.0 Å². The molecule has 1 heterocycles. The molecular weight excluding hydrogens is 321 g/mol. The molecule has 130 valence electrons. The fraction of sp³-hybridized carbons (Fsp3) is 0.263. The number of aryl methyl sites for hydroxylation is 2. The van der Waals surface area contributed by atoms with Crippen LogP contribution in [0.5, 0.6) is 0 Å². The van der Waals surface area contributed by atoms with Crippen LogP contribution in [0.25, 0.3) is 0 Å². The SMILES string of the molecule is Cc1ccc(N2C[C@H](NC(=O)Nc3cccc(F)c3)CC2=O)cc1C. The Morgan fingerprint density at radius 2 is 1.96 bits per heavy atom. The van der Waals surface area contributed by atoms with Crippen molar-refractivity contribution in [2.24, 2.45) is 0 Å². The molecule has 5 nitrogen and oxygen atoms in total. The molecule has 25 heavy (non-hydrogen) atoms. The van der Waals surface area contributed by atoms with Gasteiger partial charge in [0.05, 0.1) is 6.04 Å². The number of hydrogen-bond acceptors (Lipinski definition) is 2. The lowest BCUT2D eigenvalue weighted by molar-refractivity contribution is -0.117. The Morgan fingerprint density at radius 1 is 1.16 bits per heavy atom. The number of nitrogens with zero attached hydrogens (tertiary/aromatic N) is 1. The third-order valence-corrected chi connectivity index (χ3v) is 4.34. The molecule has 0 aromatic heterocycles. The molecule has 1 atom stereocenters. The number of halogens is 1. The van der Waals surface area contributed by atoms with Crippen LogP contribution in [-0.4, -0.2) is 24.5 Å². The fourth-order valence-corrected chi connectivity index (χ4v) is 2.87. The van der Waals surface area contributed by atoms with E-state index in [0.29, 0.717) is 12.2 Å². The Kier molecular flexibility index (Phi) is 4.70. The van der Waals surface area contributed by atoms with Gasteiger partial charge in [0.25, 0.3) is 0 Å². The Bertz CT molecular complexity index is 822. The van der Waals surface area contributed by atoms with Crippen LogP contribution in [0.3, 0.4) is 0 Å². The van der Waals surface area contributed by atoms with Gasteiger partial charge >= 0.3 is 6.03 Å². The molecule has 0 saturated carbocycles. The van der Waals surface area contributed by atoms with Crippen LogP contribution < -0.4 is 15.5 Å². The summed E-state index contributed by atoms with van der Waals surface area (Å²) >= 11 is 0. The first-order valence-corrected chi connectivity index (χ1v) is 8.13. The Hall–Kier alpha value is -2.89. The van der Waals surface area contributed by atoms with Gasteiger partial charge in [-0.25, -0.2) is 9.18 Å². The van der Waals surface area contributed by atoms with Crippen molar-refractivity contribution in [1.29, 1.82) is 0 Å². The van der Waals surface area contributed by atoms with E-state index in [9.17, 15) is 14.0 Å². The number of carbonyl (C=O) groups is 2. The van der Waals surface area contributed by atoms with Gasteiger partial charge < -0.3 is 15.5 Å². The summed E-state index contributed by atoms with van der Waals surface area (Å²) in [5, 5.41) is 5.34. The van der Waals surface area contributed by atoms with Gasteiger partial charge in [0.2, 0.25) is 5.91 Å². The molecule has 0 radical (unpaired) electrons. The van der Waals surface area contributed by atoms with Crippen LogP contribution in [-0.2, 0) is 4.79 Å². The van der Waals surface area contributed by atoms with E-state index in [1.165, 1.54) is 23.8 Å². The highest BCUT2D eigenvalue weighted by Crippen LogP contribution is 2.24. The van der Waals surface area contributed by atoms with Crippen molar-refractivity contribution in [1.82, 2.24) is 5.32 Å². The van der Waals surface area contributed by atoms with Crippen molar-refractivity contribution in [2.75, 3.05) is 16.8 Å². The van der Waals surface area contributed by atoms with E-state index in [-0.39, 0.29) is 18.4 Å². The van der Waals surface area contributed by atoms with Crippen molar-refractivity contribution in [3.63, 3.8) is 0 Å². The molecule has 1 aliphatic heterocycles. The summed E-state index contributed by atoms with van der Waals surface area (Å²) in [6.07, 6.45) is 0.240. The third kappa shape index (κ3) is 3.96. The molecule has 2 N–H and O–H groups in total. The second kappa shape index (κ2) is 6.93. The molecule has 6 heteroatoms. The van der Waals surface area contributed by atoms with Crippen molar-refractivity contribution in [3.05, 3.63) is 59.4 Å². The van der Waals surface area contributed by atoms with E-state index >= 15 is 0 Å². The van der Waals surface area contributed by atoms with Crippen LogP contribution in [0.4, 0.5) is 20.6 Å². The van der Waals surface area contributed by atoms with Crippen LogP contribution in [0.1, 0.15) is 17.5 Å². The predicted octanol–water partition coefficient (Wildman–Crippen LogP) is 3.37. The molecule has 2 aromatic rings. The summed E-state index contributed by atoms with van der Waals surface area (Å²) in [6, 6.07) is 10.8. The van der Waals surface area contributed by atoms with Gasteiger partial charge in [0.15, 0.2) is 0 Å². The number of anilines is 2. The molecule has 3 amide bonds. The Morgan fingerprint density at radius 3 is 2.68 bits per heavy atom. The standard InChI is InChI=1S/C19H20FN3O2/c1-12-6-7-17(8-13(12)2)23-11-16(10-18(23)24)22-19(25)21-15-5-3-4-14(20)9-15/h3-9,16H,10-11H2,1-2H3,(H2,21,22,25)/t16-/m1/s1. The van der Waals surface area contributed by atoms with Gasteiger partial charge in [-0.2, -0.15) is 0 Å². The number of rotatable bonds is 3. The first-order valence-electron chi connectivity index (χ1n) is 8.13. The van der Waals surface area contributed by atoms with Crippen LogP contribution >= 0.6 is 0 Å². The van der Waals surface area contributed by atoms with E-state index in [1.54, 1.807) is 11.0 Å². The number of amides is 3. The van der Waals surface area contributed by atoms with E-state index in [1.807, 2.05) is 32.0 Å². The molecular formula is C19H20FN3O2. The molecule has 1 aliphatic rings. The summed E-state index contributed by atoms with van der Waals surface area (Å²) in [6.45, 7) is 4.44. The van der Waals surface area contributed by atoms with E-state index in [2.05, 4.69) is 10.6 Å². The lowest BCUT2D eigenvalue weighted by Gasteiger charge is -2.18. The second-order valence-electron chi connectivity index (χ2n) is 6.28. The quantitative estimate of drug-likeness (QED) is 0.899. The zero-order valence-corrected chi connectivity index (χ0v) is 14.2. The van der Waals surface area contributed by atoms with E-state index < -0.39 is 11.8 Å². The molecule has 2 aromatic carbocycles. The predicted molar refractivity (Wildman–Crippen MR) is 95.2 cm³/mol. The summed E-state index contributed by atoms with van der Waals surface area (Å²) in [5.74, 6) is -0.450.